The van der Waals surface area contributed by atoms with E-state index in [0.29, 0.717) is 17.3 Å². The van der Waals surface area contributed by atoms with Gasteiger partial charge in [-0.1, -0.05) is 5.16 Å². The quantitative estimate of drug-likeness (QED) is 0.844. The van der Waals surface area contributed by atoms with Crippen molar-refractivity contribution in [2.45, 2.75) is 19.9 Å². The summed E-state index contributed by atoms with van der Waals surface area (Å²) in [6, 6.07) is 4.27. The van der Waals surface area contributed by atoms with Gasteiger partial charge in [-0.25, -0.2) is 4.39 Å². The SMILES string of the molecule is Cc1cc(F)cc(-c2noc([C@@H](C)N)n2)c1. The Morgan fingerprint density at radius 2 is 2.12 bits per heavy atom. The molecule has 0 bridgehead atoms. The van der Waals surface area contributed by atoms with Crippen LogP contribution in [-0.4, -0.2) is 10.1 Å². The van der Waals surface area contributed by atoms with Gasteiger partial charge in [-0.2, -0.15) is 4.98 Å². The standard InChI is InChI=1S/C11H12FN3O/c1-6-3-8(5-9(12)4-6)10-14-11(7(2)13)16-15-10/h3-5,7H,13H2,1-2H3/t7-/m1/s1. The zero-order chi connectivity index (χ0) is 11.7. The van der Waals surface area contributed by atoms with E-state index in [1.165, 1.54) is 12.1 Å². The molecule has 0 fully saturated rings. The molecular weight excluding hydrogens is 209 g/mol. The van der Waals surface area contributed by atoms with Crippen molar-refractivity contribution < 1.29 is 8.91 Å². The first-order chi connectivity index (χ1) is 7.56. The summed E-state index contributed by atoms with van der Waals surface area (Å²) in [5, 5.41) is 3.76. The minimum atomic E-state index is -0.323. The molecule has 4 nitrogen and oxygen atoms in total. The third kappa shape index (κ3) is 2.09. The minimum absolute atomic E-state index is 0.317. The Kier molecular flexibility index (Phi) is 2.70. The topological polar surface area (TPSA) is 64.9 Å². The Morgan fingerprint density at radius 3 is 2.69 bits per heavy atom. The average Bonchev–Trinajstić information content (AvgIpc) is 2.64. The van der Waals surface area contributed by atoms with E-state index in [4.69, 9.17) is 10.3 Å². The Balaban J connectivity index is 2.42. The van der Waals surface area contributed by atoms with E-state index in [2.05, 4.69) is 10.1 Å². The highest BCUT2D eigenvalue weighted by molar-refractivity contribution is 5.55. The first-order valence-electron chi connectivity index (χ1n) is 4.93. The molecule has 0 aliphatic heterocycles. The highest BCUT2D eigenvalue weighted by atomic mass is 19.1. The number of aromatic nitrogens is 2. The molecule has 2 rings (SSSR count). The van der Waals surface area contributed by atoms with Gasteiger partial charge in [-0.3, -0.25) is 0 Å². The van der Waals surface area contributed by atoms with Crippen molar-refractivity contribution in [1.29, 1.82) is 0 Å². The summed E-state index contributed by atoms with van der Waals surface area (Å²) >= 11 is 0. The molecule has 2 N–H and O–H groups in total. The molecule has 84 valence electrons. The predicted molar refractivity (Wildman–Crippen MR) is 57.0 cm³/mol. The van der Waals surface area contributed by atoms with E-state index < -0.39 is 0 Å². The number of rotatable bonds is 2. The molecule has 1 atom stereocenters. The third-order valence-electron chi connectivity index (χ3n) is 2.13. The van der Waals surface area contributed by atoms with Crippen LogP contribution < -0.4 is 5.73 Å². The first kappa shape index (κ1) is 10.8. The fourth-order valence-corrected chi connectivity index (χ4v) is 1.40. The molecule has 0 radical (unpaired) electrons. The molecule has 5 heteroatoms. The Bertz CT molecular complexity index is 487. The summed E-state index contributed by atoms with van der Waals surface area (Å²) in [6.45, 7) is 3.55. The van der Waals surface area contributed by atoms with Crippen LogP contribution in [0.1, 0.15) is 24.4 Å². The summed E-state index contributed by atoms with van der Waals surface area (Å²) in [5.41, 5.74) is 6.99. The molecule has 0 spiro atoms. The van der Waals surface area contributed by atoms with Gasteiger partial charge >= 0.3 is 0 Å². The molecule has 0 amide bonds. The number of hydrogen-bond acceptors (Lipinski definition) is 4. The molecule has 0 unspecified atom stereocenters. The molecule has 16 heavy (non-hydrogen) atoms. The van der Waals surface area contributed by atoms with Crippen LogP contribution in [0.2, 0.25) is 0 Å². The zero-order valence-corrected chi connectivity index (χ0v) is 9.07. The molecule has 0 saturated carbocycles. The lowest BCUT2D eigenvalue weighted by Gasteiger charge is -1.97. The first-order valence-corrected chi connectivity index (χ1v) is 4.93. The van der Waals surface area contributed by atoms with E-state index in [-0.39, 0.29) is 11.9 Å². The molecule has 0 aliphatic rings. The van der Waals surface area contributed by atoms with Crippen LogP contribution in [0.25, 0.3) is 11.4 Å². The predicted octanol–water partition coefficient (Wildman–Crippen LogP) is 2.20. The van der Waals surface area contributed by atoms with Gasteiger partial charge < -0.3 is 10.3 Å². The fourth-order valence-electron chi connectivity index (χ4n) is 1.40. The smallest absolute Gasteiger partial charge is 0.243 e. The molecular formula is C11H12FN3O. The van der Waals surface area contributed by atoms with Crippen molar-refractivity contribution in [3.63, 3.8) is 0 Å². The van der Waals surface area contributed by atoms with Crippen molar-refractivity contribution >= 4 is 0 Å². The molecule has 1 aromatic carbocycles. The summed E-state index contributed by atoms with van der Waals surface area (Å²) < 4.78 is 18.1. The van der Waals surface area contributed by atoms with Crippen LogP contribution in [0.3, 0.4) is 0 Å². The molecule has 0 saturated heterocycles. The Hall–Kier alpha value is -1.75. The number of halogens is 1. The summed E-state index contributed by atoms with van der Waals surface area (Å²) in [6.07, 6.45) is 0. The van der Waals surface area contributed by atoms with Crippen molar-refractivity contribution in [3.8, 4) is 11.4 Å². The molecule has 0 aliphatic carbocycles. The summed E-state index contributed by atoms with van der Waals surface area (Å²) in [7, 11) is 0. The lowest BCUT2D eigenvalue weighted by Crippen LogP contribution is -2.04. The van der Waals surface area contributed by atoms with Gasteiger partial charge in [0, 0.05) is 5.56 Å². The monoisotopic (exact) mass is 221 g/mol. The highest BCUT2D eigenvalue weighted by Gasteiger charge is 2.12. The lowest BCUT2D eigenvalue weighted by molar-refractivity contribution is 0.362. The van der Waals surface area contributed by atoms with E-state index in [0.717, 1.165) is 5.56 Å². The van der Waals surface area contributed by atoms with Gasteiger partial charge in [-0.15, -0.1) is 0 Å². The molecule has 2 aromatic rings. The second-order valence-electron chi connectivity index (χ2n) is 3.76. The fraction of sp³-hybridized carbons (Fsp3) is 0.273. The maximum Gasteiger partial charge on any atom is 0.243 e. The number of nitrogens with two attached hydrogens (primary N) is 1. The zero-order valence-electron chi connectivity index (χ0n) is 9.07. The van der Waals surface area contributed by atoms with E-state index in [9.17, 15) is 4.39 Å². The Morgan fingerprint density at radius 1 is 1.38 bits per heavy atom. The lowest BCUT2D eigenvalue weighted by atomic mass is 10.1. The van der Waals surface area contributed by atoms with E-state index >= 15 is 0 Å². The van der Waals surface area contributed by atoms with Gasteiger partial charge in [0.25, 0.3) is 0 Å². The van der Waals surface area contributed by atoms with E-state index in [1.807, 2.05) is 0 Å². The van der Waals surface area contributed by atoms with Gasteiger partial charge in [0.05, 0.1) is 6.04 Å². The van der Waals surface area contributed by atoms with Gasteiger partial charge in [0.15, 0.2) is 0 Å². The Labute approximate surface area is 92.3 Å². The summed E-state index contributed by atoms with van der Waals surface area (Å²) in [4.78, 5) is 4.09. The van der Waals surface area contributed by atoms with Crippen LogP contribution in [0.15, 0.2) is 22.7 Å². The van der Waals surface area contributed by atoms with Gasteiger partial charge in [0.1, 0.15) is 5.82 Å². The van der Waals surface area contributed by atoms with Crippen molar-refractivity contribution in [2.75, 3.05) is 0 Å². The van der Waals surface area contributed by atoms with Crippen LogP contribution in [-0.2, 0) is 0 Å². The van der Waals surface area contributed by atoms with Crippen molar-refractivity contribution in [3.05, 3.63) is 35.5 Å². The largest absolute Gasteiger partial charge is 0.337 e. The summed E-state index contributed by atoms with van der Waals surface area (Å²) in [5.74, 6) is 0.383. The van der Waals surface area contributed by atoms with Crippen LogP contribution in [0, 0.1) is 12.7 Å². The number of benzene rings is 1. The highest BCUT2D eigenvalue weighted by Crippen LogP contribution is 2.20. The molecule has 1 heterocycles. The minimum Gasteiger partial charge on any atom is -0.337 e. The second kappa shape index (κ2) is 4.02. The van der Waals surface area contributed by atoms with Crippen LogP contribution in [0.4, 0.5) is 4.39 Å². The maximum atomic E-state index is 13.2. The number of aryl methyl sites for hydroxylation is 1. The second-order valence-corrected chi connectivity index (χ2v) is 3.76. The number of nitrogens with zero attached hydrogens (tertiary/aromatic N) is 2. The van der Waals surface area contributed by atoms with Crippen LogP contribution in [0.5, 0.6) is 0 Å². The maximum absolute atomic E-state index is 13.2. The average molecular weight is 221 g/mol. The number of hydrogen-bond donors (Lipinski definition) is 1. The third-order valence-corrected chi connectivity index (χ3v) is 2.13. The van der Waals surface area contributed by atoms with Crippen LogP contribution >= 0.6 is 0 Å². The van der Waals surface area contributed by atoms with Gasteiger partial charge in [0.2, 0.25) is 11.7 Å². The normalized spacial score (nSPS) is 12.8. The van der Waals surface area contributed by atoms with Crippen molar-refractivity contribution in [2.24, 2.45) is 5.73 Å². The molecule has 1 aromatic heterocycles. The van der Waals surface area contributed by atoms with Crippen molar-refractivity contribution in [1.82, 2.24) is 10.1 Å². The van der Waals surface area contributed by atoms with E-state index in [1.54, 1.807) is 19.9 Å². The van der Waals surface area contributed by atoms with Gasteiger partial charge in [-0.05, 0) is 37.6 Å².